The number of nitrogens with zero attached hydrogens (tertiary/aromatic N) is 2. The highest BCUT2D eigenvalue weighted by Gasteiger charge is 2.30. The number of rotatable bonds is 8. The Labute approximate surface area is 175 Å². The summed E-state index contributed by atoms with van der Waals surface area (Å²) in [7, 11) is 3.34. The maximum Gasteiger partial charge on any atom is 0.416 e. The second kappa shape index (κ2) is 11.2. The Morgan fingerprint density at radius 1 is 1.33 bits per heavy atom. The first-order valence-electron chi connectivity index (χ1n) is 10.2. The Hall–Kier alpha value is -2.29. The molecule has 2 atom stereocenters. The standard InChI is InChI=1S/C21H31F3N4O2/c1-15(16-6-4-7-17(12-16)21(22,23)24)9-10-25-20(27-14-19(29)28(2)3)26-13-18-8-5-11-30-18/h4,6-7,12,15,18H,5,8-11,13-14H2,1-3H3,(H2,25,26,27). The second-order valence-corrected chi connectivity index (χ2v) is 7.71. The van der Waals surface area contributed by atoms with Crippen LogP contribution in [0.5, 0.6) is 0 Å². The van der Waals surface area contributed by atoms with E-state index in [1.807, 2.05) is 6.92 Å². The van der Waals surface area contributed by atoms with Gasteiger partial charge in [-0.2, -0.15) is 13.2 Å². The highest BCUT2D eigenvalue weighted by atomic mass is 19.4. The van der Waals surface area contributed by atoms with Gasteiger partial charge in [0.25, 0.3) is 0 Å². The molecular weight excluding hydrogens is 397 g/mol. The second-order valence-electron chi connectivity index (χ2n) is 7.71. The maximum atomic E-state index is 12.9. The topological polar surface area (TPSA) is 66.0 Å². The van der Waals surface area contributed by atoms with Crippen molar-refractivity contribution < 1.29 is 22.7 Å². The number of carbonyl (C=O) groups is 1. The van der Waals surface area contributed by atoms with E-state index in [0.29, 0.717) is 31.0 Å². The van der Waals surface area contributed by atoms with Crippen molar-refractivity contribution in [2.24, 2.45) is 4.99 Å². The van der Waals surface area contributed by atoms with Crippen LogP contribution in [0.2, 0.25) is 0 Å². The van der Waals surface area contributed by atoms with Crippen LogP contribution in [0.3, 0.4) is 0 Å². The van der Waals surface area contributed by atoms with Gasteiger partial charge in [-0.15, -0.1) is 0 Å². The number of hydrogen-bond acceptors (Lipinski definition) is 3. The molecule has 1 aliphatic heterocycles. The van der Waals surface area contributed by atoms with Crippen LogP contribution in [-0.2, 0) is 15.7 Å². The lowest BCUT2D eigenvalue weighted by molar-refractivity contribution is -0.137. The molecule has 6 nitrogen and oxygen atoms in total. The summed E-state index contributed by atoms with van der Waals surface area (Å²) >= 11 is 0. The summed E-state index contributed by atoms with van der Waals surface area (Å²) < 4.78 is 44.4. The first-order valence-corrected chi connectivity index (χ1v) is 10.2. The van der Waals surface area contributed by atoms with Gasteiger partial charge in [0.15, 0.2) is 5.96 Å². The summed E-state index contributed by atoms with van der Waals surface area (Å²) in [6, 6.07) is 5.42. The largest absolute Gasteiger partial charge is 0.416 e. The summed E-state index contributed by atoms with van der Waals surface area (Å²) in [5.74, 6) is 0.310. The molecule has 1 aliphatic rings. The molecular formula is C21H31F3N4O2. The maximum absolute atomic E-state index is 12.9. The van der Waals surface area contributed by atoms with Gasteiger partial charge in [-0.05, 0) is 36.8 Å². The van der Waals surface area contributed by atoms with E-state index < -0.39 is 11.7 Å². The molecule has 0 saturated carbocycles. The van der Waals surface area contributed by atoms with Crippen molar-refractivity contribution >= 4 is 11.9 Å². The smallest absolute Gasteiger partial charge is 0.376 e. The van der Waals surface area contributed by atoms with Crippen LogP contribution in [0.4, 0.5) is 13.2 Å². The van der Waals surface area contributed by atoms with Gasteiger partial charge in [0, 0.05) is 33.8 Å². The summed E-state index contributed by atoms with van der Waals surface area (Å²) in [4.78, 5) is 17.6. The third kappa shape index (κ3) is 7.85. The van der Waals surface area contributed by atoms with Gasteiger partial charge in [0.2, 0.25) is 5.91 Å². The highest BCUT2D eigenvalue weighted by Crippen LogP contribution is 2.31. The molecule has 1 heterocycles. The Morgan fingerprint density at radius 2 is 2.10 bits per heavy atom. The zero-order valence-electron chi connectivity index (χ0n) is 17.8. The highest BCUT2D eigenvalue weighted by molar-refractivity contribution is 5.84. The van der Waals surface area contributed by atoms with Crippen LogP contribution in [0.1, 0.15) is 43.2 Å². The van der Waals surface area contributed by atoms with Crippen LogP contribution >= 0.6 is 0 Å². The number of benzene rings is 1. The summed E-state index contributed by atoms with van der Waals surface area (Å²) in [6.45, 7) is 3.75. The zero-order valence-corrected chi connectivity index (χ0v) is 17.8. The number of likely N-dealkylation sites (N-methyl/N-ethyl adjacent to an activating group) is 1. The van der Waals surface area contributed by atoms with Crippen LogP contribution in [0.15, 0.2) is 29.3 Å². The SMILES string of the molecule is CC(CCNC(=NCC(=O)N(C)C)NCC1CCCO1)c1cccc(C(F)(F)F)c1. The minimum absolute atomic E-state index is 0.0110. The Balaban J connectivity index is 1.91. The van der Waals surface area contributed by atoms with Crippen molar-refractivity contribution in [2.45, 2.75) is 44.4 Å². The summed E-state index contributed by atoms with van der Waals surface area (Å²) in [5, 5.41) is 6.37. The third-order valence-corrected chi connectivity index (χ3v) is 5.05. The van der Waals surface area contributed by atoms with Crippen molar-refractivity contribution in [3.8, 4) is 0 Å². The minimum Gasteiger partial charge on any atom is -0.376 e. The lowest BCUT2D eigenvalue weighted by Gasteiger charge is -2.18. The van der Waals surface area contributed by atoms with Crippen molar-refractivity contribution in [3.05, 3.63) is 35.4 Å². The molecule has 1 aromatic rings. The number of guanidine groups is 1. The lowest BCUT2D eigenvalue weighted by atomic mass is 9.96. The van der Waals surface area contributed by atoms with Gasteiger partial charge >= 0.3 is 6.18 Å². The normalized spacial score (nSPS) is 18.2. The fourth-order valence-electron chi connectivity index (χ4n) is 3.07. The van der Waals surface area contributed by atoms with Crippen molar-refractivity contribution in [1.29, 1.82) is 0 Å². The van der Waals surface area contributed by atoms with E-state index in [0.717, 1.165) is 25.5 Å². The number of hydrogen-bond donors (Lipinski definition) is 2. The molecule has 1 aromatic carbocycles. The number of carbonyl (C=O) groups excluding carboxylic acids is 1. The quantitative estimate of drug-likeness (QED) is 0.494. The van der Waals surface area contributed by atoms with Crippen molar-refractivity contribution in [1.82, 2.24) is 15.5 Å². The Morgan fingerprint density at radius 3 is 2.73 bits per heavy atom. The number of alkyl halides is 3. The van der Waals surface area contributed by atoms with E-state index >= 15 is 0 Å². The van der Waals surface area contributed by atoms with Crippen LogP contribution < -0.4 is 10.6 Å². The molecule has 2 rings (SSSR count). The van der Waals surface area contributed by atoms with Gasteiger partial charge in [0.1, 0.15) is 6.54 Å². The molecule has 0 aliphatic carbocycles. The summed E-state index contributed by atoms with van der Waals surface area (Å²) in [6.07, 6.45) is -1.61. The van der Waals surface area contributed by atoms with Crippen LogP contribution in [0, 0.1) is 0 Å². The molecule has 1 fully saturated rings. The predicted octanol–water partition coefficient (Wildman–Crippen LogP) is 3.00. The van der Waals surface area contributed by atoms with Gasteiger partial charge in [0.05, 0.1) is 11.7 Å². The van der Waals surface area contributed by atoms with Crippen molar-refractivity contribution in [2.75, 3.05) is 40.3 Å². The van der Waals surface area contributed by atoms with E-state index in [1.165, 1.54) is 17.0 Å². The van der Waals surface area contributed by atoms with Gasteiger partial charge in [-0.1, -0.05) is 25.1 Å². The molecule has 30 heavy (non-hydrogen) atoms. The molecule has 9 heteroatoms. The van der Waals surface area contributed by atoms with Gasteiger partial charge < -0.3 is 20.3 Å². The number of halogens is 3. The van der Waals surface area contributed by atoms with E-state index in [4.69, 9.17) is 4.74 Å². The fourth-order valence-corrected chi connectivity index (χ4v) is 3.07. The Bertz CT molecular complexity index is 716. The molecule has 0 radical (unpaired) electrons. The van der Waals surface area contributed by atoms with Crippen molar-refractivity contribution in [3.63, 3.8) is 0 Å². The average molecular weight is 428 g/mol. The molecule has 0 aromatic heterocycles. The minimum atomic E-state index is -4.35. The molecule has 168 valence electrons. The van der Waals surface area contributed by atoms with Gasteiger partial charge in [-0.3, -0.25) is 4.79 Å². The molecule has 1 amide bonds. The monoisotopic (exact) mass is 428 g/mol. The first kappa shape index (κ1) is 24.0. The molecule has 0 spiro atoms. The lowest BCUT2D eigenvalue weighted by Crippen LogP contribution is -2.42. The number of amides is 1. The van der Waals surface area contributed by atoms with Gasteiger partial charge in [-0.25, -0.2) is 4.99 Å². The molecule has 0 bridgehead atoms. The Kier molecular flexibility index (Phi) is 8.95. The molecule has 2 unspecified atom stereocenters. The third-order valence-electron chi connectivity index (χ3n) is 5.05. The average Bonchev–Trinajstić information content (AvgIpc) is 3.22. The number of aliphatic imine (C=N–C) groups is 1. The van der Waals surface area contributed by atoms with E-state index in [9.17, 15) is 18.0 Å². The number of nitrogens with one attached hydrogen (secondary N) is 2. The molecule has 1 saturated heterocycles. The van der Waals surface area contributed by atoms with Crippen LogP contribution in [0.25, 0.3) is 0 Å². The van der Waals surface area contributed by atoms with E-state index in [1.54, 1.807) is 20.2 Å². The zero-order chi connectivity index (χ0) is 22.1. The molecule has 2 N–H and O–H groups in total. The number of ether oxygens (including phenoxy) is 1. The first-order chi connectivity index (χ1) is 14.2. The van der Waals surface area contributed by atoms with E-state index in [-0.39, 0.29) is 24.5 Å². The van der Waals surface area contributed by atoms with Crippen LogP contribution in [-0.4, -0.2) is 63.2 Å². The van der Waals surface area contributed by atoms with E-state index in [2.05, 4.69) is 15.6 Å². The fraction of sp³-hybridized carbons (Fsp3) is 0.619. The summed E-state index contributed by atoms with van der Waals surface area (Å²) in [5.41, 5.74) is 0.00250. The predicted molar refractivity (Wildman–Crippen MR) is 110 cm³/mol.